The number of benzene rings is 1. The third-order valence-electron chi connectivity index (χ3n) is 2.91. The predicted molar refractivity (Wildman–Crippen MR) is 69.6 cm³/mol. The fourth-order valence-electron chi connectivity index (χ4n) is 1.64. The number of hydrogen-bond acceptors (Lipinski definition) is 4. The molecule has 0 amide bonds. The Kier molecular flexibility index (Phi) is 4.29. The second kappa shape index (κ2) is 5.96. The lowest BCUT2D eigenvalue weighted by Crippen LogP contribution is -2.14. The van der Waals surface area contributed by atoms with Crippen molar-refractivity contribution in [1.82, 2.24) is 20.2 Å². The van der Waals surface area contributed by atoms with E-state index in [2.05, 4.69) is 15.5 Å². The van der Waals surface area contributed by atoms with E-state index >= 15 is 0 Å². The smallest absolute Gasteiger partial charge is 0.306 e. The zero-order valence-corrected chi connectivity index (χ0v) is 11.4. The number of nitrogens with zero attached hydrogens (tertiary/aromatic N) is 4. The van der Waals surface area contributed by atoms with E-state index in [-0.39, 0.29) is 5.02 Å². The minimum atomic E-state index is -0.878. The van der Waals surface area contributed by atoms with Crippen LogP contribution in [-0.4, -0.2) is 31.3 Å². The SMILES string of the molecule is CC(CCn1nnnc1-c1ccc(Cl)c(F)c1)C(=O)O. The van der Waals surface area contributed by atoms with E-state index < -0.39 is 17.7 Å². The van der Waals surface area contributed by atoms with Crippen LogP contribution in [-0.2, 0) is 11.3 Å². The molecule has 0 aliphatic rings. The van der Waals surface area contributed by atoms with Crippen molar-refractivity contribution in [3.05, 3.63) is 29.0 Å². The molecule has 2 aromatic rings. The number of tetrazole rings is 1. The highest BCUT2D eigenvalue weighted by Crippen LogP contribution is 2.22. The molecule has 8 heteroatoms. The molecule has 1 unspecified atom stereocenters. The van der Waals surface area contributed by atoms with Crippen LogP contribution in [0.15, 0.2) is 18.2 Å². The topological polar surface area (TPSA) is 80.9 Å². The Hall–Kier alpha value is -2.02. The van der Waals surface area contributed by atoms with Gasteiger partial charge in [0.1, 0.15) is 5.82 Å². The molecule has 1 N–H and O–H groups in total. The van der Waals surface area contributed by atoms with Crippen molar-refractivity contribution in [1.29, 1.82) is 0 Å². The summed E-state index contributed by atoms with van der Waals surface area (Å²) in [5.74, 6) is -1.57. The molecule has 0 fully saturated rings. The van der Waals surface area contributed by atoms with Crippen molar-refractivity contribution >= 4 is 17.6 Å². The zero-order valence-electron chi connectivity index (χ0n) is 10.6. The molecule has 20 heavy (non-hydrogen) atoms. The predicted octanol–water partition coefficient (Wildman–Crippen LogP) is 2.24. The monoisotopic (exact) mass is 298 g/mol. The Labute approximate surface area is 119 Å². The maximum atomic E-state index is 13.4. The third kappa shape index (κ3) is 3.11. The first kappa shape index (κ1) is 14.4. The first-order chi connectivity index (χ1) is 9.49. The maximum Gasteiger partial charge on any atom is 0.306 e. The molecule has 0 aliphatic heterocycles. The van der Waals surface area contributed by atoms with Gasteiger partial charge in [0.2, 0.25) is 0 Å². The Bertz CT molecular complexity index is 632. The van der Waals surface area contributed by atoms with Gasteiger partial charge in [-0.15, -0.1) is 5.10 Å². The summed E-state index contributed by atoms with van der Waals surface area (Å²) in [4.78, 5) is 10.8. The molecule has 1 aromatic heterocycles. The van der Waals surface area contributed by atoms with Crippen molar-refractivity contribution < 1.29 is 14.3 Å². The van der Waals surface area contributed by atoms with Crippen molar-refractivity contribution in [2.75, 3.05) is 0 Å². The molecule has 0 bridgehead atoms. The first-order valence-electron chi connectivity index (χ1n) is 5.93. The second-order valence-electron chi connectivity index (χ2n) is 4.38. The maximum absolute atomic E-state index is 13.4. The van der Waals surface area contributed by atoms with Gasteiger partial charge in [0.15, 0.2) is 5.82 Å². The van der Waals surface area contributed by atoms with Crippen LogP contribution in [0, 0.1) is 11.7 Å². The third-order valence-corrected chi connectivity index (χ3v) is 3.21. The van der Waals surface area contributed by atoms with Crippen LogP contribution in [0.3, 0.4) is 0 Å². The van der Waals surface area contributed by atoms with E-state index in [1.807, 2.05) is 0 Å². The van der Waals surface area contributed by atoms with Crippen LogP contribution in [0.4, 0.5) is 4.39 Å². The summed E-state index contributed by atoms with van der Waals surface area (Å²) in [7, 11) is 0. The summed E-state index contributed by atoms with van der Waals surface area (Å²) >= 11 is 5.62. The Morgan fingerprint density at radius 2 is 2.30 bits per heavy atom. The van der Waals surface area contributed by atoms with Gasteiger partial charge in [-0.05, 0) is 35.0 Å². The standard InChI is InChI=1S/C12H12ClFN4O2/c1-7(12(19)20)4-5-18-11(15-16-17-18)8-2-3-9(13)10(14)6-8/h2-3,6-7H,4-5H2,1H3,(H,19,20). The summed E-state index contributed by atoms with van der Waals surface area (Å²) in [6.45, 7) is 1.94. The molecule has 0 aliphatic carbocycles. The summed E-state index contributed by atoms with van der Waals surface area (Å²) in [6.07, 6.45) is 0.378. The highest BCUT2D eigenvalue weighted by molar-refractivity contribution is 6.30. The number of aryl methyl sites for hydroxylation is 1. The molecular weight excluding hydrogens is 287 g/mol. The van der Waals surface area contributed by atoms with E-state index in [4.69, 9.17) is 16.7 Å². The van der Waals surface area contributed by atoms with E-state index in [1.54, 1.807) is 13.0 Å². The zero-order chi connectivity index (χ0) is 14.7. The summed E-state index contributed by atoms with van der Waals surface area (Å²) in [5.41, 5.74) is 0.486. The average molecular weight is 299 g/mol. The number of carboxylic acids is 1. The normalized spacial score (nSPS) is 12.3. The van der Waals surface area contributed by atoms with E-state index in [0.717, 1.165) is 0 Å². The van der Waals surface area contributed by atoms with Crippen molar-refractivity contribution in [2.24, 2.45) is 5.92 Å². The van der Waals surface area contributed by atoms with Crippen LogP contribution in [0.5, 0.6) is 0 Å². The van der Waals surface area contributed by atoms with Gasteiger partial charge in [-0.1, -0.05) is 18.5 Å². The van der Waals surface area contributed by atoms with Gasteiger partial charge in [-0.2, -0.15) is 0 Å². The van der Waals surface area contributed by atoms with Crippen LogP contribution < -0.4 is 0 Å². The Balaban J connectivity index is 2.19. The fourth-order valence-corrected chi connectivity index (χ4v) is 1.75. The summed E-state index contributed by atoms with van der Waals surface area (Å²) in [6, 6.07) is 4.27. The van der Waals surface area contributed by atoms with Crippen LogP contribution in [0.25, 0.3) is 11.4 Å². The lowest BCUT2D eigenvalue weighted by molar-refractivity contribution is -0.141. The molecule has 0 spiro atoms. The van der Waals surface area contributed by atoms with E-state index in [0.29, 0.717) is 24.4 Å². The Morgan fingerprint density at radius 3 is 2.95 bits per heavy atom. The molecule has 0 saturated carbocycles. The summed E-state index contributed by atoms with van der Waals surface area (Å²) < 4.78 is 14.9. The van der Waals surface area contributed by atoms with Gasteiger partial charge in [-0.3, -0.25) is 4.79 Å². The minimum absolute atomic E-state index is 0.0206. The largest absolute Gasteiger partial charge is 0.481 e. The second-order valence-corrected chi connectivity index (χ2v) is 4.79. The number of rotatable bonds is 5. The number of carbonyl (C=O) groups is 1. The fraction of sp³-hybridized carbons (Fsp3) is 0.333. The highest BCUT2D eigenvalue weighted by Gasteiger charge is 2.15. The number of halogens is 2. The number of aliphatic carboxylic acids is 1. The number of hydrogen-bond donors (Lipinski definition) is 1. The van der Waals surface area contributed by atoms with Gasteiger partial charge in [0, 0.05) is 12.1 Å². The number of carboxylic acid groups (broad SMARTS) is 1. The molecule has 1 aromatic carbocycles. The summed E-state index contributed by atoms with van der Waals surface area (Å²) in [5, 5.41) is 20.0. The Morgan fingerprint density at radius 1 is 1.55 bits per heavy atom. The molecule has 0 radical (unpaired) electrons. The average Bonchev–Trinajstić information content (AvgIpc) is 2.87. The van der Waals surface area contributed by atoms with Gasteiger partial charge in [0.05, 0.1) is 10.9 Å². The van der Waals surface area contributed by atoms with Crippen LogP contribution >= 0.6 is 11.6 Å². The molecular formula is C12H12ClFN4O2. The van der Waals surface area contributed by atoms with E-state index in [1.165, 1.54) is 16.8 Å². The van der Waals surface area contributed by atoms with E-state index in [9.17, 15) is 9.18 Å². The van der Waals surface area contributed by atoms with Gasteiger partial charge in [-0.25, -0.2) is 9.07 Å². The van der Waals surface area contributed by atoms with Gasteiger partial charge >= 0.3 is 5.97 Å². The van der Waals surface area contributed by atoms with Crippen molar-refractivity contribution in [3.63, 3.8) is 0 Å². The van der Waals surface area contributed by atoms with Crippen molar-refractivity contribution in [3.8, 4) is 11.4 Å². The molecule has 106 valence electrons. The van der Waals surface area contributed by atoms with Gasteiger partial charge in [0.25, 0.3) is 0 Å². The minimum Gasteiger partial charge on any atom is -0.481 e. The number of aromatic nitrogens is 4. The molecule has 1 atom stereocenters. The highest BCUT2D eigenvalue weighted by atomic mass is 35.5. The molecule has 2 rings (SSSR count). The molecule has 0 saturated heterocycles. The molecule has 6 nitrogen and oxygen atoms in total. The molecule has 1 heterocycles. The first-order valence-corrected chi connectivity index (χ1v) is 6.31. The van der Waals surface area contributed by atoms with Crippen LogP contribution in [0.2, 0.25) is 5.02 Å². The van der Waals surface area contributed by atoms with Gasteiger partial charge < -0.3 is 5.11 Å². The lowest BCUT2D eigenvalue weighted by Gasteiger charge is -2.07. The quantitative estimate of drug-likeness (QED) is 0.915. The van der Waals surface area contributed by atoms with Crippen LogP contribution in [0.1, 0.15) is 13.3 Å². The van der Waals surface area contributed by atoms with Crippen molar-refractivity contribution in [2.45, 2.75) is 19.9 Å². The lowest BCUT2D eigenvalue weighted by atomic mass is 10.1.